The van der Waals surface area contributed by atoms with Crippen LogP contribution in [0, 0.1) is 0 Å². The van der Waals surface area contributed by atoms with Crippen molar-refractivity contribution in [3.63, 3.8) is 0 Å². The second-order valence-corrected chi connectivity index (χ2v) is 9.02. The van der Waals surface area contributed by atoms with Gasteiger partial charge >= 0.3 is 138 Å². The molecule has 1 amide bonds. The van der Waals surface area contributed by atoms with Gasteiger partial charge in [-0.25, -0.2) is 0 Å². The van der Waals surface area contributed by atoms with Gasteiger partial charge in [0.2, 0.25) is 0 Å². The van der Waals surface area contributed by atoms with Gasteiger partial charge in [0.15, 0.2) is 0 Å². The van der Waals surface area contributed by atoms with Crippen molar-refractivity contribution in [2.24, 2.45) is 5.73 Å². The maximum absolute atomic E-state index is 11.9. The molecule has 0 radical (unpaired) electrons. The number of carboxylic acid groups (broad SMARTS) is 1. The van der Waals surface area contributed by atoms with Crippen LogP contribution in [-0.2, 0) is 9.59 Å². The molecule has 0 aliphatic carbocycles. The molecular formula is C13H19AsN2O5S. The van der Waals surface area contributed by atoms with Crippen LogP contribution in [0.25, 0.3) is 0 Å². The summed E-state index contributed by atoms with van der Waals surface area (Å²) in [7, 11) is 0. The van der Waals surface area contributed by atoms with Gasteiger partial charge in [0.1, 0.15) is 0 Å². The van der Waals surface area contributed by atoms with Crippen LogP contribution in [0.3, 0.4) is 0 Å². The van der Waals surface area contributed by atoms with Gasteiger partial charge in [0.25, 0.3) is 0 Å². The number of carboxylic acids is 1. The number of nitrogens with one attached hydrogen (secondary N) is 1. The summed E-state index contributed by atoms with van der Waals surface area (Å²) in [6.45, 7) is 3.35. The number of carbonyl (C=O) groups is 2. The Bertz CT molecular complexity index is 536. The van der Waals surface area contributed by atoms with E-state index in [1.807, 2.05) is 0 Å². The van der Waals surface area contributed by atoms with E-state index >= 15 is 0 Å². The number of anilines is 1. The Morgan fingerprint density at radius 2 is 1.86 bits per heavy atom. The van der Waals surface area contributed by atoms with Crippen LogP contribution in [-0.4, -0.2) is 57.1 Å². The topological polar surface area (TPSA) is 133 Å². The van der Waals surface area contributed by atoms with Crippen molar-refractivity contribution in [2.45, 2.75) is 24.6 Å². The van der Waals surface area contributed by atoms with Gasteiger partial charge in [-0.2, -0.15) is 0 Å². The van der Waals surface area contributed by atoms with Gasteiger partial charge in [0, 0.05) is 0 Å². The number of hydrogen-bond acceptors (Lipinski definition) is 6. The summed E-state index contributed by atoms with van der Waals surface area (Å²) in [6.07, 6.45) is 0. The average Bonchev–Trinajstić information content (AvgIpc) is 2.45. The van der Waals surface area contributed by atoms with Crippen LogP contribution in [0.4, 0.5) is 5.69 Å². The zero-order chi connectivity index (χ0) is 16.9. The van der Waals surface area contributed by atoms with E-state index in [1.165, 1.54) is 0 Å². The molecule has 6 N–H and O–H groups in total. The molecule has 1 atom stereocenters. The summed E-state index contributed by atoms with van der Waals surface area (Å²) in [5.74, 6) is -1.33. The first-order valence-electron chi connectivity index (χ1n) is 6.33. The van der Waals surface area contributed by atoms with Gasteiger partial charge in [-0.15, -0.1) is 0 Å². The van der Waals surface area contributed by atoms with E-state index in [-0.39, 0.29) is 11.7 Å². The quantitative estimate of drug-likeness (QED) is 0.386. The van der Waals surface area contributed by atoms with Crippen LogP contribution >= 0.6 is 11.8 Å². The van der Waals surface area contributed by atoms with E-state index in [9.17, 15) is 9.59 Å². The monoisotopic (exact) mass is 390 g/mol. The molecule has 22 heavy (non-hydrogen) atoms. The van der Waals surface area contributed by atoms with Gasteiger partial charge in [0.05, 0.1) is 0 Å². The van der Waals surface area contributed by atoms with E-state index in [0.29, 0.717) is 10.0 Å². The van der Waals surface area contributed by atoms with Crippen LogP contribution in [0.5, 0.6) is 0 Å². The van der Waals surface area contributed by atoms with Gasteiger partial charge in [-0.1, -0.05) is 0 Å². The van der Waals surface area contributed by atoms with Crippen molar-refractivity contribution in [1.82, 2.24) is 0 Å². The first-order chi connectivity index (χ1) is 10.1. The van der Waals surface area contributed by atoms with Crippen LogP contribution in [0.1, 0.15) is 13.8 Å². The predicted molar refractivity (Wildman–Crippen MR) is 87.0 cm³/mol. The molecule has 0 aliphatic heterocycles. The summed E-state index contributed by atoms with van der Waals surface area (Å²) in [6, 6.07) is 5.20. The van der Waals surface area contributed by atoms with E-state index in [1.54, 1.807) is 38.1 Å². The van der Waals surface area contributed by atoms with E-state index in [4.69, 9.17) is 19.0 Å². The number of amides is 1. The molecule has 0 saturated heterocycles. The fourth-order valence-electron chi connectivity index (χ4n) is 1.51. The van der Waals surface area contributed by atoms with Crippen molar-refractivity contribution in [2.75, 3.05) is 11.1 Å². The molecule has 0 heterocycles. The fraction of sp³-hybridized carbons (Fsp3) is 0.385. The predicted octanol–water partition coefficient (Wildman–Crippen LogP) is -0.771. The molecule has 0 spiro atoms. The van der Waals surface area contributed by atoms with Crippen molar-refractivity contribution in [1.29, 1.82) is 0 Å². The summed E-state index contributed by atoms with van der Waals surface area (Å²) >= 11 is -1.73. The average molecular weight is 390 g/mol. The number of hydrogen-bond donors (Lipinski definition) is 5. The normalized spacial score (nSPS) is 13.0. The third-order valence-corrected chi connectivity index (χ3v) is 5.97. The molecule has 0 fully saturated rings. The molecule has 0 bridgehead atoms. The first-order valence-corrected chi connectivity index (χ1v) is 9.94. The van der Waals surface area contributed by atoms with Crippen LogP contribution < -0.4 is 15.4 Å². The second kappa shape index (κ2) is 7.99. The Kier molecular flexibility index (Phi) is 6.90. The zero-order valence-corrected chi connectivity index (χ0v) is 14.9. The number of carbonyl (C=O) groups excluding carboxylic acids is 1. The Morgan fingerprint density at radius 1 is 1.32 bits per heavy atom. The number of nitrogens with two attached hydrogens (primary N) is 1. The number of rotatable bonds is 7. The third kappa shape index (κ3) is 5.62. The summed E-state index contributed by atoms with van der Waals surface area (Å²) in [5.41, 5.74) is 6.12. The molecule has 0 aliphatic rings. The molecule has 0 saturated carbocycles. The van der Waals surface area contributed by atoms with E-state index in [0.717, 1.165) is 11.8 Å². The Balaban J connectivity index is 2.54. The van der Waals surface area contributed by atoms with E-state index < -0.39 is 32.1 Å². The van der Waals surface area contributed by atoms with Crippen LogP contribution in [0.15, 0.2) is 24.3 Å². The van der Waals surface area contributed by atoms with E-state index in [2.05, 4.69) is 5.32 Å². The summed E-state index contributed by atoms with van der Waals surface area (Å²) in [5, 5.41) is 11.6. The molecule has 1 aromatic rings. The first kappa shape index (κ1) is 19.0. The molecule has 0 unspecified atom stereocenters. The molecule has 0 aromatic heterocycles. The third-order valence-electron chi connectivity index (χ3n) is 2.97. The van der Waals surface area contributed by atoms with Crippen molar-refractivity contribution in [3.05, 3.63) is 24.3 Å². The second-order valence-electron chi connectivity index (χ2n) is 5.09. The zero-order valence-electron chi connectivity index (χ0n) is 12.2. The molecule has 7 nitrogen and oxygen atoms in total. The molecule has 1 aromatic carbocycles. The Hall–Kier alpha value is -1.05. The van der Waals surface area contributed by atoms with Crippen LogP contribution in [0.2, 0.25) is 0 Å². The Morgan fingerprint density at radius 3 is 2.32 bits per heavy atom. The fourth-order valence-corrected chi connectivity index (χ4v) is 3.24. The molecule has 1 rings (SSSR count). The van der Waals surface area contributed by atoms with Gasteiger partial charge in [-0.05, 0) is 0 Å². The summed E-state index contributed by atoms with van der Waals surface area (Å²) in [4.78, 5) is 22.8. The summed E-state index contributed by atoms with van der Waals surface area (Å²) < 4.78 is 17.9. The number of aliphatic carboxylic acids is 1. The number of thioether (sulfide) groups is 1. The van der Waals surface area contributed by atoms with Crippen molar-refractivity contribution in [3.8, 4) is 0 Å². The standard InChI is InChI=1S/C13H19AsN2O5S/c1-13(2,11(15)12(18)19)22-7-10(17)16-9-5-3-8(4-6-9)14(20)21/h3-6,11,20-21H,7,15H2,1-2H3,(H,16,17)(H,18,19)/t11-/m1/s1. The molecule has 122 valence electrons. The maximum atomic E-state index is 11.9. The van der Waals surface area contributed by atoms with Crippen molar-refractivity contribution >= 4 is 49.0 Å². The van der Waals surface area contributed by atoms with Crippen molar-refractivity contribution < 1.29 is 22.9 Å². The van der Waals surface area contributed by atoms with Gasteiger partial charge in [-0.3, -0.25) is 0 Å². The van der Waals surface area contributed by atoms with Gasteiger partial charge < -0.3 is 0 Å². The minimum atomic E-state index is -2.89. The minimum absolute atomic E-state index is 0.0630. The Labute approximate surface area is 137 Å². The number of benzene rings is 1. The molecule has 9 heteroatoms. The molecular weight excluding hydrogens is 371 g/mol. The SMILES string of the molecule is CC(C)(SCC(=O)Nc1ccc([As](O)O)cc1)[C@H](N)C(=O)O.